The maximum Gasteiger partial charge on any atom is 0.289 e. The average molecular weight is 344 g/mol. The Bertz CT molecular complexity index is 797. The van der Waals surface area contributed by atoms with Crippen molar-refractivity contribution in [3.8, 4) is 0 Å². The van der Waals surface area contributed by atoms with Gasteiger partial charge in [-0.15, -0.1) is 0 Å². The summed E-state index contributed by atoms with van der Waals surface area (Å²) in [5.41, 5.74) is 0.569. The van der Waals surface area contributed by atoms with Crippen LogP contribution in [0.4, 0.5) is 0 Å². The number of benzene rings is 1. The molecule has 2 aromatic rings. The zero-order valence-electron chi connectivity index (χ0n) is 12.7. The highest BCUT2D eigenvalue weighted by molar-refractivity contribution is 7.90. The number of amides is 1. The Morgan fingerprint density at radius 2 is 2.05 bits per heavy atom. The number of sulfone groups is 1. The number of hydrogen-bond acceptors (Lipinski definition) is 4. The number of carbonyl (C=O) groups is 1. The average Bonchev–Trinajstić information content (AvgIpc) is 2.80. The summed E-state index contributed by atoms with van der Waals surface area (Å²) in [6, 6.07) is 6.30. The molecule has 0 spiro atoms. The molecule has 0 aliphatic carbocycles. The zero-order valence-corrected chi connectivity index (χ0v) is 14.2. The van der Waals surface area contributed by atoms with Gasteiger partial charge in [-0.25, -0.2) is 8.42 Å². The number of furan rings is 1. The van der Waals surface area contributed by atoms with Crippen LogP contribution in [0.25, 0.3) is 11.0 Å². The summed E-state index contributed by atoms with van der Waals surface area (Å²) in [7, 11) is -3.17. The van der Waals surface area contributed by atoms with Crippen LogP contribution in [0.15, 0.2) is 28.7 Å². The molecule has 0 aliphatic heterocycles. The van der Waals surface area contributed by atoms with E-state index >= 15 is 0 Å². The Morgan fingerprint density at radius 3 is 2.64 bits per heavy atom. The molecule has 7 heteroatoms. The van der Waals surface area contributed by atoms with Crippen LogP contribution in [0.5, 0.6) is 0 Å². The SMILES string of the molecule is CCN(C(=O)c1cc2cc(Cl)ccc2o1)[C@H](C)CS(C)(=O)=O. The van der Waals surface area contributed by atoms with E-state index in [2.05, 4.69) is 0 Å². The van der Waals surface area contributed by atoms with Gasteiger partial charge < -0.3 is 9.32 Å². The Hall–Kier alpha value is -1.53. The topological polar surface area (TPSA) is 67.6 Å². The molecule has 0 aliphatic rings. The molecule has 0 unspecified atom stereocenters. The third-order valence-electron chi connectivity index (χ3n) is 3.37. The minimum absolute atomic E-state index is 0.0847. The van der Waals surface area contributed by atoms with Crippen LogP contribution in [-0.2, 0) is 9.84 Å². The molecule has 22 heavy (non-hydrogen) atoms. The van der Waals surface area contributed by atoms with Gasteiger partial charge in [0.05, 0.1) is 5.75 Å². The lowest BCUT2D eigenvalue weighted by Crippen LogP contribution is -2.42. The molecule has 1 atom stereocenters. The number of fused-ring (bicyclic) bond motifs is 1. The lowest BCUT2D eigenvalue weighted by molar-refractivity contribution is 0.0689. The van der Waals surface area contributed by atoms with Crippen LogP contribution >= 0.6 is 11.6 Å². The first kappa shape index (κ1) is 16.8. The van der Waals surface area contributed by atoms with Gasteiger partial charge in [-0.3, -0.25) is 4.79 Å². The molecule has 2 rings (SSSR count). The summed E-state index contributed by atoms with van der Waals surface area (Å²) in [5, 5.41) is 1.30. The third kappa shape index (κ3) is 3.81. The highest BCUT2D eigenvalue weighted by Gasteiger charge is 2.25. The summed E-state index contributed by atoms with van der Waals surface area (Å²) in [4.78, 5) is 14.0. The van der Waals surface area contributed by atoms with Crippen molar-refractivity contribution in [2.45, 2.75) is 19.9 Å². The second kappa shape index (κ2) is 6.30. The summed E-state index contributed by atoms with van der Waals surface area (Å²) < 4.78 is 28.4. The molecule has 0 bridgehead atoms. The highest BCUT2D eigenvalue weighted by Crippen LogP contribution is 2.24. The van der Waals surface area contributed by atoms with Crippen molar-refractivity contribution in [3.63, 3.8) is 0 Å². The monoisotopic (exact) mass is 343 g/mol. The van der Waals surface area contributed by atoms with Crippen LogP contribution in [-0.4, -0.2) is 43.8 Å². The fraction of sp³-hybridized carbons (Fsp3) is 0.400. The van der Waals surface area contributed by atoms with Crippen molar-refractivity contribution < 1.29 is 17.6 Å². The Morgan fingerprint density at radius 1 is 1.36 bits per heavy atom. The Balaban J connectivity index is 2.30. The molecular weight excluding hydrogens is 326 g/mol. The van der Waals surface area contributed by atoms with Crippen LogP contribution in [0.3, 0.4) is 0 Å². The maximum atomic E-state index is 12.6. The van der Waals surface area contributed by atoms with Gasteiger partial charge in [0, 0.05) is 29.3 Å². The molecule has 1 aromatic carbocycles. The van der Waals surface area contributed by atoms with Crippen molar-refractivity contribution in [3.05, 3.63) is 35.0 Å². The van der Waals surface area contributed by atoms with Crippen molar-refractivity contribution in [1.29, 1.82) is 0 Å². The number of carbonyl (C=O) groups excluding carboxylic acids is 1. The van der Waals surface area contributed by atoms with Gasteiger partial charge in [-0.2, -0.15) is 0 Å². The van der Waals surface area contributed by atoms with E-state index in [1.54, 1.807) is 38.1 Å². The predicted molar refractivity (Wildman–Crippen MR) is 87.1 cm³/mol. The number of rotatable bonds is 5. The molecule has 0 saturated heterocycles. The summed E-state index contributed by atoms with van der Waals surface area (Å²) in [6.07, 6.45) is 1.16. The molecule has 0 fully saturated rings. The standard InChI is InChI=1S/C15H18ClNO4S/c1-4-17(10(2)9-22(3,19)20)15(18)14-8-11-7-12(16)5-6-13(11)21-14/h5-8,10H,4,9H2,1-3H3/t10-/m1/s1. The molecular formula is C15H18ClNO4S. The van der Waals surface area contributed by atoms with Gasteiger partial charge >= 0.3 is 0 Å². The van der Waals surface area contributed by atoms with Crippen molar-refractivity contribution in [1.82, 2.24) is 4.90 Å². The predicted octanol–water partition coefficient (Wildman–Crippen LogP) is 2.98. The molecule has 120 valence electrons. The molecule has 1 heterocycles. The zero-order chi connectivity index (χ0) is 16.5. The van der Waals surface area contributed by atoms with Gasteiger partial charge in [-0.1, -0.05) is 11.6 Å². The number of nitrogens with zero attached hydrogens (tertiary/aromatic N) is 1. The fourth-order valence-corrected chi connectivity index (χ4v) is 3.68. The lowest BCUT2D eigenvalue weighted by Gasteiger charge is -2.26. The first-order valence-corrected chi connectivity index (χ1v) is 9.33. The Kier molecular flexibility index (Phi) is 4.82. The van der Waals surface area contributed by atoms with Crippen molar-refractivity contribution in [2.75, 3.05) is 18.6 Å². The maximum absolute atomic E-state index is 12.6. The fourth-order valence-electron chi connectivity index (χ4n) is 2.44. The number of hydrogen-bond donors (Lipinski definition) is 0. The summed E-state index contributed by atoms with van der Waals surface area (Å²) >= 11 is 5.92. The van der Waals surface area contributed by atoms with E-state index < -0.39 is 15.9 Å². The quantitative estimate of drug-likeness (QED) is 0.837. The molecule has 0 radical (unpaired) electrons. The van der Waals surface area contributed by atoms with E-state index in [1.165, 1.54) is 4.90 Å². The van der Waals surface area contributed by atoms with Gasteiger partial charge in [0.15, 0.2) is 5.76 Å². The van der Waals surface area contributed by atoms with Crippen LogP contribution in [0.2, 0.25) is 5.02 Å². The van der Waals surface area contributed by atoms with Crippen LogP contribution in [0.1, 0.15) is 24.4 Å². The second-order valence-electron chi connectivity index (χ2n) is 5.33. The van der Waals surface area contributed by atoms with Crippen molar-refractivity contribution in [2.24, 2.45) is 0 Å². The van der Waals surface area contributed by atoms with E-state index in [4.69, 9.17) is 16.0 Å². The molecule has 1 amide bonds. The van der Waals surface area contributed by atoms with Crippen LogP contribution < -0.4 is 0 Å². The van der Waals surface area contributed by atoms with Gasteiger partial charge in [0.25, 0.3) is 5.91 Å². The minimum Gasteiger partial charge on any atom is -0.451 e. The number of halogens is 1. The first-order chi connectivity index (χ1) is 10.2. The molecule has 0 saturated carbocycles. The largest absolute Gasteiger partial charge is 0.451 e. The highest BCUT2D eigenvalue weighted by atomic mass is 35.5. The second-order valence-corrected chi connectivity index (χ2v) is 7.95. The van der Waals surface area contributed by atoms with Crippen LogP contribution in [0, 0.1) is 0 Å². The lowest BCUT2D eigenvalue weighted by atomic mass is 10.2. The summed E-state index contributed by atoms with van der Waals surface area (Å²) in [5.74, 6) is -0.232. The van der Waals surface area contributed by atoms with E-state index in [0.717, 1.165) is 11.6 Å². The summed E-state index contributed by atoms with van der Waals surface area (Å²) in [6.45, 7) is 3.91. The van der Waals surface area contributed by atoms with Gasteiger partial charge in [-0.05, 0) is 38.1 Å². The van der Waals surface area contributed by atoms with Crippen molar-refractivity contribution >= 4 is 38.3 Å². The first-order valence-electron chi connectivity index (χ1n) is 6.89. The van der Waals surface area contributed by atoms with Gasteiger partial charge in [0.2, 0.25) is 0 Å². The minimum atomic E-state index is -3.17. The molecule has 0 N–H and O–H groups in total. The van der Waals surface area contributed by atoms with E-state index in [9.17, 15) is 13.2 Å². The molecule has 5 nitrogen and oxygen atoms in total. The third-order valence-corrected chi connectivity index (χ3v) is 4.69. The Labute approximate surface area is 134 Å². The van der Waals surface area contributed by atoms with E-state index in [0.29, 0.717) is 17.2 Å². The smallest absolute Gasteiger partial charge is 0.289 e. The molecule has 1 aromatic heterocycles. The normalized spacial score (nSPS) is 13.3. The van der Waals surface area contributed by atoms with Gasteiger partial charge in [0.1, 0.15) is 15.4 Å². The van der Waals surface area contributed by atoms with E-state index in [-0.39, 0.29) is 17.4 Å². The van der Waals surface area contributed by atoms with E-state index in [1.807, 2.05) is 0 Å².